The van der Waals surface area contributed by atoms with Crippen LogP contribution in [0.5, 0.6) is 0 Å². The Hall–Kier alpha value is -2.29. The number of benzene rings is 1. The van der Waals surface area contributed by atoms with Crippen LogP contribution in [0.4, 0.5) is 5.69 Å². The Bertz CT molecular complexity index is 805. The second-order valence-electron chi connectivity index (χ2n) is 7.46. The number of amides is 1. The fourth-order valence-corrected chi connectivity index (χ4v) is 5.39. The summed E-state index contributed by atoms with van der Waals surface area (Å²) in [7, 11) is -2.98. The van der Waals surface area contributed by atoms with E-state index in [1.165, 1.54) is 5.69 Å². The second-order valence-corrected chi connectivity index (χ2v) is 9.69. The van der Waals surface area contributed by atoms with Crippen LogP contribution < -0.4 is 15.5 Å². The average molecular weight is 422 g/mol. The first-order valence-electron chi connectivity index (χ1n) is 10.3. The third-order valence-corrected chi connectivity index (χ3v) is 7.00. The summed E-state index contributed by atoms with van der Waals surface area (Å²) in [4.78, 5) is 21.3. The quantitative estimate of drug-likeness (QED) is 0.512. The number of rotatable bonds is 6. The van der Waals surface area contributed by atoms with Crippen LogP contribution in [0.3, 0.4) is 0 Å². The molecule has 1 aromatic rings. The number of aliphatic imine (C=N–C) groups is 1. The van der Waals surface area contributed by atoms with Crippen molar-refractivity contribution >= 4 is 27.4 Å². The van der Waals surface area contributed by atoms with Crippen molar-refractivity contribution in [1.29, 1.82) is 0 Å². The van der Waals surface area contributed by atoms with Gasteiger partial charge in [0.15, 0.2) is 15.8 Å². The predicted octanol–water partition coefficient (Wildman–Crippen LogP) is 0.468. The van der Waals surface area contributed by atoms with Crippen molar-refractivity contribution in [3.8, 4) is 0 Å². The van der Waals surface area contributed by atoms with Gasteiger partial charge in [0.1, 0.15) is 0 Å². The van der Waals surface area contributed by atoms with E-state index in [-0.39, 0.29) is 29.9 Å². The third kappa shape index (κ3) is 6.35. The number of guanidine groups is 1. The Morgan fingerprint density at radius 2 is 1.90 bits per heavy atom. The molecule has 1 amide bonds. The maximum atomic E-state index is 12.1. The van der Waals surface area contributed by atoms with Crippen molar-refractivity contribution in [1.82, 2.24) is 15.5 Å². The van der Waals surface area contributed by atoms with Crippen LogP contribution in [0.2, 0.25) is 0 Å². The lowest BCUT2D eigenvalue weighted by atomic mass is 10.2. The molecule has 3 rings (SSSR count). The predicted molar refractivity (Wildman–Crippen MR) is 116 cm³/mol. The monoisotopic (exact) mass is 421 g/mol. The Labute approximate surface area is 173 Å². The summed E-state index contributed by atoms with van der Waals surface area (Å²) in [6.07, 6.45) is 0.765. The van der Waals surface area contributed by atoms with E-state index in [2.05, 4.69) is 49.7 Å². The number of carbonyl (C=O) groups excluding carboxylic acids is 1. The van der Waals surface area contributed by atoms with Gasteiger partial charge in [-0.15, -0.1) is 0 Å². The van der Waals surface area contributed by atoms with Crippen molar-refractivity contribution in [2.45, 2.75) is 25.8 Å². The summed E-state index contributed by atoms with van der Waals surface area (Å²) in [5.41, 5.74) is 1.24. The van der Waals surface area contributed by atoms with E-state index in [0.29, 0.717) is 13.0 Å². The summed E-state index contributed by atoms with van der Waals surface area (Å²) in [5.74, 6) is 0.906. The maximum absolute atomic E-state index is 12.1. The summed E-state index contributed by atoms with van der Waals surface area (Å²) in [6.45, 7) is 6.76. The Morgan fingerprint density at radius 3 is 2.52 bits per heavy atom. The van der Waals surface area contributed by atoms with Crippen LogP contribution in [0.1, 0.15) is 19.8 Å². The van der Waals surface area contributed by atoms with Crippen LogP contribution in [0.25, 0.3) is 0 Å². The zero-order chi connectivity index (χ0) is 20.7. The normalized spacial score (nSPS) is 21.8. The molecule has 0 bridgehead atoms. The molecule has 0 aromatic heterocycles. The summed E-state index contributed by atoms with van der Waals surface area (Å²) in [6, 6.07) is 10.1. The molecule has 0 saturated carbocycles. The van der Waals surface area contributed by atoms with Gasteiger partial charge >= 0.3 is 0 Å². The smallest absolute Gasteiger partial charge is 0.222 e. The van der Waals surface area contributed by atoms with Gasteiger partial charge < -0.3 is 20.4 Å². The van der Waals surface area contributed by atoms with Crippen LogP contribution in [-0.2, 0) is 14.6 Å². The first-order valence-corrected chi connectivity index (χ1v) is 12.1. The minimum atomic E-state index is -2.98. The van der Waals surface area contributed by atoms with E-state index in [9.17, 15) is 13.2 Å². The Balaban J connectivity index is 1.46. The number of carbonyl (C=O) groups is 1. The summed E-state index contributed by atoms with van der Waals surface area (Å²) >= 11 is 0. The topological polar surface area (TPSA) is 94.1 Å². The van der Waals surface area contributed by atoms with Crippen molar-refractivity contribution in [3.63, 3.8) is 0 Å². The molecule has 0 spiro atoms. The van der Waals surface area contributed by atoms with Crippen LogP contribution >= 0.6 is 0 Å². The second kappa shape index (κ2) is 9.96. The molecule has 2 fully saturated rings. The van der Waals surface area contributed by atoms with Gasteiger partial charge in [-0.05, 0) is 25.5 Å². The largest absolute Gasteiger partial charge is 0.368 e. The highest BCUT2D eigenvalue weighted by molar-refractivity contribution is 7.91. The molecule has 1 aromatic carbocycles. The molecular weight excluding hydrogens is 390 g/mol. The molecule has 2 N–H and O–H groups in total. The van der Waals surface area contributed by atoms with Crippen LogP contribution in [-0.4, -0.2) is 82.0 Å². The zero-order valence-electron chi connectivity index (χ0n) is 17.0. The van der Waals surface area contributed by atoms with Crippen molar-refractivity contribution < 1.29 is 13.2 Å². The number of sulfone groups is 1. The Morgan fingerprint density at radius 1 is 1.17 bits per heavy atom. The van der Waals surface area contributed by atoms with E-state index >= 15 is 0 Å². The molecule has 2 aliphatic rings. The van der Waals surface area contributed by atoms with Gasteiger partial charge in [0, 0.05) is 50.9 Å². The number of hydrogen-bond acceptors (Lipinski definition) is 5. The molecule has 29 heavy (non-hydrogen) atoms. The standard InChI is InChI=1S/C20H31N5O3S/c1-2-21-20(22-10-8-19(26)23-17-9-15-29(27,28)16-17)25-13-11-24(12-14-25)18-6-4-3-5-7-18/h3-7,17H,2,8-16H2,1H3,(H,21,22)(H,23,26). The van der Waals surface area contributed by atoms with Crippen LogP contribution in [0, 0.1) is 0 Å². The lowest BCUT2D eigenvalue weighted by molar-refractivity contribution is -0.121. The first-order chi connectivity index (χ1) is 14.0. The Kier molecular flexibility index (Phi) is 7.35. The number of anilines is 1. The molecule has 160 valence electrons. The molecular formula is C20H31N5O3S. The van der Waals surface area contributed by atoms with Gasteiger partial charge in [0.25, 0.3) is 0 Å². The molecule has 9 heteroatoms. The molecule has 0 aliphatic carbocycles. The molecule has 1 atom stereocenters. The highest BCUT2D eigenvalue weighted by Crippen LogP contribution is 2.15. The van der Waals surface area contributed by atoms with Gasteiger partial charge in [-0.1, -0.05) is 18.2 Å². The fourth-order valence-electron chi connectivity index (χ4n) is 3.71. The molecule has 2 saturated heterocycles. The number of hydrogen-bond donors (Lipinski definition) is 2. The van der Waals surface area contributed by atoms with E-state index in [4.69, 9.17) is 0 Å². The fraction of sp³-hybridized carbons (Fsp3) is 0.600. The first kappa shape index (κ1) is 21.4. The molecule has 0 radical (unpaired) electrons. The minimum absolute atomic E-state index is 0.0519. The van der Waals surface area contributed by atoms with Gasteiger partial charge in [-0.2, -0.15) is 0 Å². The SMILES string of the molecule is CCNC(=NCCC(=O)NC1CCS(=O)(=O)C1)N1CCN(c2ccccc2)CC1. The number of para-hydroxylation sites is 1. The van der Waals surface area contributed by atoms with Gasteiger partial charge in [-0.25, -0.2) is 8.42 Å². The van der Waals surface area contributed by atoms with Crippen molar-refractivity contribution in [3.05, 3.63) is 30.3 Å². The van der Waals surface area contributed by atoms with E-state index in [1.807, 2.05) is 13.0 Å². The zero-order valence-corrected chi connectivity index (χ0v) is 17.8. The summed E-state index contributed by atoms with van der Waals surface area (Å²) < 4.78 is 23.0. The highest BCUT2D eigenvalue weighted by atomic mass is 32.2. The average Bonchev–Trinajstić information content (AvgIpc) is 3.06. The van der Waals surface area contributed by atoms with Crippen LogP contribution in [0.15, 0.2) is 35.3 Å². The number of nitrogens with zero attached hydrogens (tertiary/aromatic N) is 3. The molecule has 2 heterocycles. The number of piperazine rings is 1. The number of nitrogens with one attached hydrogen (secondary N) is 2. The van der Waals surface area contributed by atoms with Crippen molar-refractivity contribution in [2.75, 3.05) is 55.7 Å². The maximum Gasteiger partial charge on any atom is 0.222 e. The van der Waals surface area contributed by atoms with E-state index < -0.39 is 9.84 Å². The lowest BCUT2D eigenvalue weighted by Gasteiger charge is -2.37. The summed E-state index contributed by atoms with van der Waals surface area (Å²) in [5, 5.41) is 6.13. The van der Waals surface area contributed by atoms with Gasteiger partial charge in [-0.3, -0.25) is 9.79 Å². The lowest BCUT2D eigenvalue weighted by Crippen LogP contribution is -2.52. The van der Waals surface area contributed by atoms with E-state index in [0.717, 1.165) is 38.7 Å². The molecule has 1 unspecified atom stereocenters. The van der Waals surface area contributed by atoms with E-state index in [1.54, 1.807) is 0 Å². The minimum Gasteiger partial charge on any atom is -0.368 e. The van der Waals surface area contributed by atoms with Gasteiger partial charge in [0.05, 0.1) is 18.1 Å². The molecule has 2 aliphatic heterocycles. The highest BCUT2D eigenvalue weighted by Gasteiger charge is 2.28. The van der Waals surface area contributed by atoms with Gasteiger partial charge in [0.2, 0.25) is 5.91 Å². The van der Waals surface area contributed by atoms with Crippen molar-refractivity contribution in [2.24, 2.45) is 4.99 Å². The third-order valence-electron chi connectivity index (χ3n) is 5.23. The molecule has 8 nitrogen and oxygen atoms in total.